The summed E-state index contributed by atoms with van der Waals surface area (Å²) in [6.45, 7) is 6.54. The number of fused-ring (bicyclic) bond motifs is 1. The lowest BCUT2D eigenvalue weighted by molar-refractivity contribution is -0.120. The first kappa shape index (κ1) is 23.5. The second-order valence-electron chi connectivity index (χ2n) is 8.45. The molecule has 4 rings (SSSR count). The molecule has 33 heavy (non-hydrogen) atoms. The van der Waals surface area contributed by atoms with Crippen LogP contribution in [-0.2, 0) is 24.3 Å². The standard InChI is InChI=1S/C27H28ClN3OS/c1-3-18(4-2)26(32)30-27-24(15-29)23-13-14-31(17-25(23)33-27)16-20-7-5-6-8-22(20)19-9-11-21(28)12-10-19/h5-12,18H,3-4,13-14,16-17H2,1-2H3,(H,30,32). The van der Waals surface area contributed by atoms with Crippen molar-refractivity contribution in [1.29, 1.82) is 5.26 Å². The van der Waals surface area contributed by atoms with Crippen LogP contribution in [0.15, 0.2) is 48.5 Å². The number of nitrogens with one attached hydrogen (secondary N) is 1. The number of amides is 1. The molecule has 3 aromatic rings. The summed E-state index contributed by atoms with van der Waals surface area (Å²) < 4.78 is 0. The lowest BCUT2D eigenvalue weighted by Gasteiger charge is -2.27. The lowest BCUT2D eigenvalue weighted by atomic mass is 9.98. The van der Waals surface area contributed by atoms with Crippen molar-refractivity contribution in [3.05, 3.63) is 75.1 Å². The van der Waals surface area contributed by atoms with Crippen molar-refractivity contribution in [2.45, 2.75) is 46.2 Å². The van der Waals surface area contributed by atoms with Crippen molar-refractivity contribution in [3.8, 4) is 17.2 Å². The summed E-state index contributed by atoms with van der Waals surface area (Å²) >= 11 is 7.64. The molecule has 2 aromatic carbocycles. The van der Waals surface area contributed by atoms with Crippen LogP contribution < -0.4 is 5.32 Å². The number of anilines is 1. The highest BCUT2D eigenvalue weighted by Gasteiger charge is 2.26. The van der Waals surface area contributed by atoms with Crippen LogP contribution in [0.1, 0.15) is 48.3 Å². The Hall–Kier alpha value is -2.65. The normalized spacial score (nSPS) is 13.5. The van der Waals surface area contributed by atoms with Crippen LogP contribution in [0.25, 0.3) is 11.1 Å². The van der Waals surface area contributed by atoms with E-state index in [4.69, 9.17) is 11.6 Å². The topological polar surface area (TPSA) is 56.1 Å². The molecule has 0 saturated carbocycles. The van der Waals surface area contributed by atoms with Crippen molar-refractivity contribution in [1.82, 2.24) is 4.90 Å². The van der Waals surface area contributed by atoms with Crippen LogP contribution in [0, 0.1) is 17.2 Å². The zero-order valence-corrected chi connectivity index (χ0v) is 20.6. The predicted molar refractivity (Wildman–Crippen MR) is 136 cm³/mol. The van der Waals surface area contributed by atoms with Crippen molar-refractivity contribution in [3.63, 3.8) is 0 Å². The van der Waals surface area contributed by atoms with Crippen molar-refractivity contribution in [2.24, 2.45) is 5.92 Å². The van der Waals surface area contributed by atoms with E-state index in [1.807, 2.05) is 26.0 Å². The van der Waals surface area contributed by atoms with Gasteiger partial charge in [-0.1, -0.05) is 61.8 Å². The number of nitrogens with zero attached hydrogens (tertiary/aromatic N) is 2. The van der Waals surface area contributed by atoms with Gasteiger partial charge in [0.25, 0.3) is 0 Å². The summed E-state index contributed by atoms with van der Waals surface area (Å²) in [5.41, 5.74) is 5.38. The van der Waals surface area contributed by atoms with Gasteiger partial charge in [-0.05, 0) is 53.6 Å². The Morgan fingerprint density at radius 1 is 1.18 bits per heavy atom. The molecule has 0 unspecified atom stereocenters. The summed E-state index contributed by atoms with van der Waals surface area (Å²) in [6, 6.07) is 18.8. The Labute approximate surface area is 204 Å². The van der Waals surface area contributed by atoms with Gasteiger partial charge in [-0.15, -0.1) is 11.3 Å². The van der Waals surface area contributed by atoms with E-state index in [0.717, 1.165) is 55.0 Å². The van der Waals surface area contributed by atoms with E-state index in [1.165, 1.54) is 16.0 Å². The molecule has 1 aliphatic heterocycles. The van der Waals surface area contributed by atoms with Gasteiger partial charge >= 0.3 is 0 Å². The minimum Gasteiger partial charge on any atom is -0.316 e. The van der Waals surface area contributed by atoms with Gasteiger partial charge in [-0.25, -0.2) is 0 Å². The van der Waals surface area contributed by atoms with E-state index >= 15 is 0 Å². The predicted octanol–water partition coefficient (Wildman–Crippen LogP) is 6.87. The largest absolute Gasteiger partial charge is 0.316 e. The Kier molecular flexibility index (Phi) is 7.49. The Balaban J connectivity index is 1.54. The maximum absolute atomic E-state index is 12.6. The summed E-state index contributed by atoms with van der Waals surface area (Å²) in [4.78, 5) is 16.2. The number of hydrogen-bond acceptors (Lipinski definition) is 4. The fourth-order valence-electron chi connectivity index (χ4n) is 4.48. The molecule has 0 radical (unpaired) electrons. The van der Waals surface area contributed by atoms with Crippen LogP contribution >= 0.6 is 22.9 Å². The molecular weight excluding hydrogens is 450 g/mol. The van der Waals surface area contributed by atoms with Gasteiger partial charge < -0.3 is 5.32 Å². The highest BCUT2D eigenvalue weighted by atomic mass is 35.5. The molecular formula is C27H28ClN3OS. The average molecular weight is 478 g/mol. The van der Waals surface area contributed by atoms with E-state index in [0.29, 0.717) is 10.6 Å². The minimum absolute atomic E-state index is 0.0171. The van der Waals surface area contributed by atoms with Crippen molar-refractivity contribution >= 4 is 33.8 Å². The maximum Gasteiger partial charge on any atom is 0.228 e. The highest BCUT2D eigenvalue weighted by Crippen LogP contribution is 2.38. The van der Waals surface area contributed by atoms with E-state index in [2.05, 4.69) is 52.7 Å². The Morgan fingerprint density at radius 3 is 2.61 bits per heavy atom. The number of benzene rings is 2. The van der Waals surface area contributed by atoms with Crippen LogP contribution in [0.4, 0.5) is 5.00 Å². The Bertz CT molecular complexity index is 1180. The second-order valence-corrected chi connectivity index (χ2v) is 9.99. The van der Waals surface area contributed by atoms with E-state index in [1.54, 1.807) is 11.3 Å². The quantitative estimate of drug-likeness (QED) is 0.403. The van der Waals surface area contributed by atoms with Crippen LogP contribution in [-0.4, -0.2) is 17.4 Å². The first-order valence-corrected chi connectivity index (χ1v) is 12.6. The molecule has 1 N–H and O–H groups in total. The van der Waals surface area contributed by atoms with Crippen LogP contribution in [0.3, 0.4) is 0 Å². The molecule has 0 bridgehead atoms. The maximum atomic E-state index is 12.6. The average Bonchev–Trinajstić information content (AvgIpc) is 3.17. The summed E-state index contributed by atoms with van der Waals surface area (Å²) in [7, 11) is 0. The molecule has 170 valence electrons. The van der Waals surface area contributed by atoms with E-state index in [-0.39, 0.29) is 11.8 Å². The van der Waals surface area contributed by atoms with Gasteiger partial charge in [0.1, 0.15) is 11.1 Å². The molecule has 4 nitrogen and oxygen atoms in total. The van der Waals surface area contributed by atoms with Gasteiger partial charge in [0.15, 0.2) is 0 Å². The molecule has 0 atom stereocenters. The Morgan fingerprint density at radius 2 is 1.91 bits per heavy atom. The molecule has 0 fully saturated rings. The second kappa shape index (κ2) is 10.5. The number of thiophene rings is 1. The van der Waals surface area contributed by atoms with Gasteiger partial charge in [0.2, 0.25) is 5.91 Å². The third-order valence-electron chi connectivity index (χ3n) is 6.41. The summed E-state index contributed by atoms with van der Waals surface area (Å²) in [5, 5.41) is 14.3. The van der Waals surface area contributed by atoms with Gasteiger partial charge in [0.05, 0.1) is 5.56 Å². The smallest absolute Gasteiger partial charge is 0.228 e. The fraction of sp³-hybridized carbons (Fsp3) is 0.333. The third kappa shape index (κ3) is 5.14. The lowest BCUT2D eigenvalue weighted by Crippen LogP contribution is -2.29. The van der Waals surface area contributed by atoms with Crippen LogP contribution in [0.5, 0.6) is 0 Å². The zero-order chi connectivity index (χ0) is 23.4. The molecule has 0 aliphatic carbocycles. The number of halogens is 1. The zero-order valence-electron chi connectivity index (χ0n) is 19.0. The van der Waals surface area contributed by atoms with Crippen LogP contribution in [0.2, 0.25) is 5.02 Å². The molecule has 1 aliphatic rings. The third-order valence-corrected chi connectivity index (χ3v) is 7.79. The fourth-order valence-corrected chi connectivity index (χ4v) is 5.85. The van der Waals surface area contributed by atoms with Crippen molar-refractivity contribution < 1.29 is 4.79 Å². The molecule has 1 amide bonds. The number of rotatable bonds is 7. The van der Waals surface area contributed by atoms with Gasteiger partial charge in [-0.2, -0.15) is 5.26 Å². The number of carbonyl (C=O) groups is 1. The van der Waals surface area contributed by atoms with Crippen molar-refractivity contribution in [2.75, 3.05) is 11.9 Å². The first-order chi connectivity index (χ1) is 16.0. The molecule has 0 saturated heterocycles. The number of hydrogen-bond donors (Lipinski definition) is 1. The number of nitriles is 1. The first-order valence-electron chi connectivity index (χ1n) is 11.5. The molecule has 1 aromatic heterocycles. The molecule has 2 heterocycles. The van der Waals surface area contributed by atoms with E-state index in [9.17, 15) is 10.1 Å². The monoisotopic (exact) mass is 477 g/mol. The van der Waals surface area contributed by atoms with Gasteiger partial charge in [-0.3, -0.25) is 9.69 Å². The van der Waals surface area contributed by atoms with E-state index < -0.39 is 0 Å². The van der Waals surface area contributed by atoms with Gasteiger partial charge in [0, 0.05) is 35.5 Å². The summed E-state index contributed by atoms with van der Waals surface area (Å²) in [6.07, 6.45) is 2.42. The SMILES string of the molecule is CCC(CC)C(=O)Nc1sc2c(c1C#N)CCN(Cc1ccccc1-c1ccc(Cl)cc1)C2. The number of carbonyl (C=O) groups excluding carboxylic acids is 1. The minimum atomic E-state index is -0.0171. The summed E-state index contributed by atoms with van der Waals surface area (Å²) in [5.74, 6) is 0.000355. The molecule has 0 spiro atoms. The molecule has 6 heteroatoms. The highest BCUT2D eigenvalue weighted by molar-refractivity contribution is 7.16.